The third-order valence-corrected chi connectivity index (χ3v) is 4.49. The number of hydrogen-bond acceptors (Lipinski definition) is 2. The molecule has 5 heteroatoms. The Morgan fingerprint density at radius 3 is 2.36 bits per heavy atom. The largest absolute Gasteiger partial charge is 0.509 e. The first-order valence-electron chi connectivity index (χ1n) is 7.74. The number of benzene rings is 2. The number of phenols is 1. The fourth-order valence-corrected chi connectivity index (χ4v) is 3.22. The molecule has 2 rings (SSSR count). The third kappa shape index (κ3) is 4.56. The van der Waals surface area contributed by atoms with Gasteiger partial charge in [0.05, 0.1) is 0 Å². The molecular weight excluding hydrogens is 362 g/mol. The van der Waals surface area contributed by atoms with E-state index in [0.717, 1.165) is 0 Å². The highest BCUT2D eigenvalue weighted by Crippen LogP contribution is 2.34. The molecule has 0 unspecified atom stereocenters. The fraction of sp³-hybridized carbons (Fsp3) is 0.200. The van der Waals surface area contributed by atoms with Gasteiger partial charge in [-0.25, -0.2) is 4.39 Å². The first-order chi connectivity index (χ1) is 11.7. The average molecular weight is 381 g/mol. The molecule has 0 aliphatic rings. The van der Waals surface area contributed by atoms with Crippen LogP contribution in [0.2, 0.25) is 10.0 Å². The smallest absolute Gasteiger partial charge is 0.133 e. The SMILES string of the molecule is C=C(O)/C=C/c1cc(Cl)c(Cc2ccc(O)c(C(C)C)c2F)c(Cl)c1. The van der Waals surface area contributed by atoms with Gasteiger partial charge in [0.15, 0.2) is 0 Å². The van der Waals surface area contributed by atoms with Crippen molar-refractivity contribution in [1.29, 1.82) is 0 Å². The summed E-state index contributed by atoms with van der Waals surface area (Å²) in [6.45, 7) is 7.00. The summed E-state index contributed by atoms with van der Waals surface area (Å²) in [5.74, 6) is -0.727. The van der Waals surface area contributed by atoms with E-state index in [1.165, 1.54) is 18.2 Å². The molecule has 0 saturated carbocycles. The van der Waals surface area contributed by atoms with Crippen molar-refractivity contribution in [2.75, 3.05) is 0 Å². The van der Waals surface area contributed by atoms with Crippen molar-refractivity contribution in [2.45, 2.75) is 26.2 Å². The third-order valence-electron chi connectivity index (χ3n) is 3.81. The van der Waals surface area contributed by atoms with Crippen LogP contribution in [0.25, 0.3) is 6.08 Å². The van der Waals surface area contributed by atoms with Crippen LogP contribution < -0.4 is 0 Å². The maximum Gasteiger partial charge on any atom is 0.133 e. The summed E-state index contributed by atoms with van der Waals surface area (Å²) >= 11 is 12.6. The van der Waals surface area contributed by atoms with Gasteiger partial charge in [-0.2, -0.15) is 0 Å². The minimum Gasteiger partial charge on any atom is -0.509 e. The van der Waals surface area contributed by atoms with Gasteiger partial charge in [0.2, 0.25) is 0 Å². The lowest BCUT2D eigenvalue weighted by molar-refractivity contribution is 0.436. The minimum absolute atomic E-state index is 0.0573. The van der Waals surface area contributed by atoms with E-state index in [1.54, 1.807) is 18.2 Å². The van der Waals surface area contributed by atoms with Crippen LogP contribution in [0, 0.1) is 5.82 Å². The first-order valence-corrected chi connectivity index (χ1v) is 8.50. The molecule has 0 atom stereocenters. The Morgan fingerprint density at radius 1 is 1.24 bits per heavy atom. The molecule has 0 radical (unpaired) electrons. The summed E-state index contributed by atoms with van der Waals surface area (Å²) in [7, 11) is 0. The highest BCUT2D eigenvalue weighted by atomic mass is 35.5. The van der Waals surface area contributed by atoms with Crippen LogP contribution in [-0.4, -0.2) is 10.2 Å². The lowest BCUT2D eigenvalue weighted by atomic mass is 9.95. The van der Waals surface area contributed by atoms with E-state index in [-0.39, 0.29) is 29.4 Å². The maximum absolute atomic E-state index is 14.7. The van der Waals surface area contributed by atoms with Gasteiger partial charge in [-0.3, -0.25) is 0 Å². The van der Waals surface area contributed by atoms with Crippen LogP contribution in [0.4, 0.5) is 4.39 Å². The normalized spacial score (nSPS) is 11.4. The zero-order chi connectivity index (χ0) is 18.7. The molecule has 0 spiro atoms. The lowest BCUT2D eigenvalue weighted by Crippen LogP contribution is -2.01. The molecule has 0 bridgehead atoms. The molecule has 0 aromatic heterocycles. The highest BCUT2D eigenvalue weighted by Gasteiger charge is 2.18. The van der Waals surface area contributed by atoms with Crippen molar-refractivity contribution >= 4 is 29.3 Å². The quantitative estimate of drug-likeness (QED) is 0.450. The Labute approximate surface area is 156 Å². The Morgan fingerprint density at radius 2 is 1.84 bits per heavy atom. The number of phenolic OH excluding ortho intramolecular Hbond substituents is 1. The van der Waals surface area contributed by atoms with Gasteiger partial charge in [0, 0.05) is 22.0 Å². The fourth-order valence-electron chi connectivity index (χ4n) is 2.58. The van der Waals surface area contributed by atoms with Gasteiger partial charge in [-0.05, 0) is 46.9 Å². The van der Waals surface area contributed by atoms with Gasteiger partial charge in [-0.15, -0.1) is 0 Å². The second kappa shape index (κ2) is 7.94. The molecule has 2 N–H and O–H groups in total. The molecule has 25 heavy (non-hydrogen) atoms. The van der Waals surface area contributed by atoms with Crippen molar-refractivity contribution in [3.63, 3.8) is 0 Å². The Balaban J connectivity index is 2.42. The van der Waals surface area contributed by atoms with Crippen LogP contribution in [0.15, 0.2) is 42.7 Å². The summed E-state index contributed by atoms with van der Waals surface area (Å²) < 4.78 is 14.7. The van der Waals surface area contributed by atoms with Crippen molar-refractivity contribution in [3.8, 4) is 5.75 Å². The van der Waals surface area contributed by atoms with Gasteiger partial charge in [0.25, 0.3) is 0 Å². The predicted molar refractivity (Wildman–Crippen MR) is 102 cm³/mol. The number of rotatable bonds is 5. The summed E-state index contributed by atoms with van der Waals surface area (Å²) in [4.78, 5) is 0. The Kier molecular flexibility index (Phi) is 6.15. The molecule has 2 aromatic carbocycles. The number of allylic oxidation sites excluding steroid dienone is 1. The van der Waals surface area contributed by atoms with Crippen LogP contribution in [0.1, 0.15) is 42.0 Å². The van der Waals surface area contributed by atoms with E-state index >= 15 is 0 Å². The first kappa shape index (κ1) is 19.4. The number of halogens is 3. The zero-order valence-corrected chi connectivity index (χ0v) is 15.5. The van der Waals surface area contributed by atoms with Gasteiger partial charge in [0.1, 0.15) is 17.3 Å². The van der Waals surface area contributed by atoms with E-state index in [1.807, 2.05) is 13.8 Å². The second-order valence-electron chi connectivity index (χ2n) is 6.09. The van der Waals surface area contributed by atoms with Crippen LogP contribution in [0.5, 0.6) is 5.75 Å². The molecule has 0 saturated heterocycles. The van der Waals surface area contributed by atoms with Crippen LogP contribution in [0.3, 0.4) is 0 Å². The predicted octanol–water partition coefficient (Wildman–Crippen LogP) is 6.64. The van der Waals surface area contributed by atoms with Crippen molar-refractivity contribution in [3.05, 3.63) is 80.8 Å². The number of aromatic hydroxyl groups is 1. The molecule has 0 amide bonds. The Bertz CT molecular complexity index is 819. The monoisotopic (exact) mass is 380 g/mol. The topological polar surface area (TPSA) is 40.5 Å². The van der Waals surface area contributed by atoms with Crippen LogP contribution >= 0.6 is 23.2 Å². The molecule has 132 valence electrons. The molecule has 0 aliphatic carbocycles. The van der Waals surface area contributed by atoms with Gasteiger partial charge in [-0.1, -0.05) is 55.8 Å². The minimum atomic E-state index is -0.442. The van der Waals surface area contributed by atoms with E-state index in [0.29, 0.717) is 26.7 Å². The molecule has 0 aliphatic heterocycles. The Hall–Kier alpha value is -1.97. The molecular formula is C20H19Cl2FO2. The van der Waals surface area contributed by atoms with Crippen LogP contribution in [-0.2, 0) is 6.42 Å². The highest BCUT2D eigenvalue weighted by molar-refractivity contribution is 6.36. The van der Waals surface area contributed by atoms with Gasteiger partial charge < -0.3 is 10.2 Å². The second-order valence-corrected chi connectivity index (χ2v) is 6.91. The molecule has 0 fully saturated rings. The summed E-state index contributed by atoms with van der Waals surface area (Å²) in [5, 5.41) is 19.8. The van der Waals surface area contributed by atoms with E-state index in [4.69, 9.17) is 28.3 Å². The maximum atomic E-state index is 14.7. The summed E-state index contributed by atoms with van der Waals surface area (Å²) in [6.07, 6.45) is 3.26. The molecule has 2 nitrogen and oxygen atoms in total. The lowest BCUT2D eigenvalue weighted by Gasteiger charge is -2.15. The van der Waals surface area contributed by atoms with E-state index in [2.05, 4.69) is 6.58 Å². The number of hydrogen-bond donors (Lipinski definition) is 2. The van der Waals surface area contributed by atoms with Crippen molar-refractivity contribution < 1.29 is 14.6 Å². The van der Waals surface area contributed by atoms with Crippen molar-refractivity contribution in [2.24, 2.45) is 0 Å². The zero-order valence-electron chi connectivity index (χ0n) is 14.0. The molecule has 0 heterocycles. The standard InChI is InChI=1S/C20H19Cl2FO2/c1-11(2)19-18(25)7-6-14(20(19)23)10-15-16(21)8-13(9-17(15)22)5-4-12(3)24/h4-9,11,24-25H,3,10H2,1-2H3/b5-4+. The van der Waals surface area contributed by atoms with Crippen molar-refractivity contribution in [1.82, 2.24) is 0 Å². The number of aliphatic hydroxyl groups excluding tert-OH is 1. The summed E-state index contributed by atoms with van der Waals surface area (Å²) in [5.41, 5.74) is 1.99. The van der Waals surface area contributed by atoms with Gasteiger partial charge >= 0.3 is 0 Å². The van der Waals surface area contributed by atoms with E-state index in [9.17, 15) is 9.50 Å². The summed E-state index contributed by atoms with van der Waals surface area (Å²) in [6, 6.07) is 6.39. The number of aliphatic hydroxyl groups is 1. The molecule has 2 aromatic rings. The van der Waals surface area contributed by atoms with E-state index < -0.39 is 5.82 Å². The average Bonchev–Trinajstić information content (AvgIpc) is 2.50.